The predicted molar refractivity (Wildman–Crippen MR) is 78.8 cm³/mol. The van der Waals surface area contributed by atoms with Crippen LogP contribution in [0.3, 0.4) is 0 Å². The summed E-state index contributed by atoms with van der Waals surface area (Å²) in [4.78, 5) is 12.1. The van der Waals surface area contributed by atoms with E-state index in [4.69, 9.17) is 4.42 Å². The smallest absolute Gasteiger partial charge is 0.191 e. The molecule has 0 saturated carbocycles. The second kappa shape index (κ2) is 5.68. The van der Waals surface area contributed by atoms with Crippen LogP contribution in [0.1, 0.15) is 28.8 Å². The van der Waals surface area contributed by atoms with E-state index in [9.17, 15) is 15.0 Å². The highest BCUT2D eigenvalue weighted by molar-refractivity contribution is 5.52. The summed E-state index contributed by atoms with van der Waals surface area (Å²) in [6, 6.07) is 11.3. The highest BCUT2D eigenvalue weighted by atomic mass is 16.3. The number of rotatable bonds is 3. The van der Waals surface area contributed by atoms with E-state index in [2.05, 4.69) is 0 Å². The molecule has 1 aliphatic rings. The van der Waals surface area contributed by atoms with Crippen LogP contribution in [0.5, 0.6) is 0 Å². The first-order valence-electron chi connectivity index (χ1n) is 6.90. The molecule has 1 aromatic heterocycles. The van der Waals surface area contributed by atoms with Gasteiger partial charge in [0.1, 0.15) is 23.7 Å². The van der Waals surface area contributed by atoms with Gasteiger partial charge in [0.25, 0.3) is 0 Å². The molecule has 4 nitrogen and oxygen atoms in total. The van der Waals surface area contributed by atoms with Gasteiger partial charge in [-0.15, -0.1) is 0 Å². The number of fused-ring (bicyclic) bond motifs is 1. The summed E-state index contributed by atoms with van der Waals surface area (Å²) in [5.74, 6) is 0.916. The number of benzene rings is 1. The van der Waals surface area contributed by atoms with Gasteiger partial charge in [-0.25, -0.2) is 0 Å². The lowest BCUT2D eigenvalue weighted by Crippen LogP contribution is -2.26. The topological polar surface area (TPSA) is 70.7 Å². The van der Waals surface area contributed by atoms with Gasteiger partial charge < -0.3 is 14.6 Å². The summed E-state index contributed by atoms with van der Waals surface area (Å²) in [5, 5.41) is 19.4. The molecule has 0 fully saturated rings. The highest BCUT2D eigenvalue weighted by Crippen LogP contribution is 2.26. The Bertz CT molecular complexity index is 715. The van der Waals surface area contributed by atoms with Gasteiger partial charge in [0.05, 0.1) is 5.56 Å². The average Bonchev–Trinajstić information content (AvgIpc) is 2.50. The third-order valence-electron chi connectivity index (χ3n) is 3.63. The fraction of sp³-hybridized carbons (Fsp3) is 0.235. The van der Waals surface area contributed by atoms with E-state index in [1.54, 1.807) is 6.08 Å². The normalized spacial score (nSPS) is 20.3. The third kappa shape index (κ3) is 2.82. The van der Waals surface area contributed by atoms with Crippen LogP contribution in [0.25, 0.3) is 6.08 Å². The maximum absolute atomic E-state index is 12.1. The van der Waals surface area contributed by atoms with Gasteiger partial charge in [-0.2, -0.15) is 0 Å². The van der Waals surface area contributed by atoms with Crippen molar-refractivity contribution in [3.05, 3.63) is 75.3 Å². The van der Waals surface area contributed by atoms with Crippen LogP contribution in [0, 0.1) is 0 Å². The van der Waals surface area contributed by atoms with Crippen molar-refractivity contribution in [1.82, 2.24) is 0 Å². The zero-order valence-corrected chi connectivity index (χ0v) is 11.4. The minimum absolute atomic E-state index is 0.133. The molecule has 1 heterocycles. The zero-order chi connectivity index (χ0) is 14.8. The van der Waals surface area contributed by atoms with Crippen LogP contribution < -0.4 is 5.43 Å². The van der Waals surface area contributed by atoms with Crippen molar-refractivity contribution in [3.63, 3.8) is 0 Å². The van der Waals surface area contributed by atoms with Gasteiger partial charge in [-0.05, 0) is 24.1 Å². The molecule has 2 N–H and O–H groups in total. The van der Waals surface area contributed by atoms with E-state index in [0.29, 0.717) is 17.9 Å². The van der Waals surface area contributed by atoms with Crippen LogP contribution >= 0.6 is 0 Å². The Morgan fingerprint density at radius 3 is 2.62 bits per heavy atom. The molecule has 0 radical (unpaired) electrons. The van der Waals surface area contributed by atoms with Crippen molar-refractivity contribution in [2.75, 3.05) is 0 Å². The predicted octanol–water partition coefficient (Wildman–Crippen LogP) is 1.85. The Balaban J connectivity index is 1.85. The zero-order valence-electron chi connectivity index (χ0n) is 11.4. The average molecular weight is 284 g/mol. The quantitative estimate of drug-likeness (QED) is 0.902. The molecule has 21 heavy (non-hydrogen) atoms. The van der Waals surface area contributed by atoms with Gasteiger partial charge in [0, 0.05) is 12.5 Å². The highest BCUT2D eigenvalue weighted by Gasteiger charge is 2.27. The Morgan fingerprint density at radius 2 is 1.86 bits per heavy atom. The van der Waals surface area contributed by atoms with Gasteiger partial charge in [-0.1, -0.05) is 30.3 Å². The molecule has 0 aliphatic heterocycles. The molecule has 3 rings (SSSR count). The summed E-state index contributed by atoms with van der Waals surface area (Å²) < 4.78 is 5.66. The molecule has 2 atom stereocenters. The Morgan fingerprint density at radius 1 is 1.10 bits per heavy atom. The Labute approximate surface area is 122 Å². The molecule has 0 spiro atoms. The van der Waals surface area contributed by atoms with E-state index in [1.165, 1.54) is 17.7 Å². The van der Waals surface area contributed by atoms with Crippen molar-refractivity contribution in [1.29, 1.82) is 0 Å². The molecule has 1 aliphatic carbocycles. The monoisotopic (exact) mass is 284 g/mol. The van der Waals surface area contributed by atoms with E-state index in [-0.39, 0.29) is 11.0 Å². The lowest BCUT2D eigenvalue weighted by atomic mass is 9.97. The number of hydrogen-bond acceptors (Lipinski definition) is 4. The minimum Gasteiger partial charge on any atom is -0.461 e. The van der Waals surface area contributed by atoms with Gasteiger partial charge >= 0.3 is 0 Å². The first-order chi connectivity index (χ1) is 10.1. The van der Waals surface area contributed by atoms with Crippen molar-refractivity contribution >= 4 is 6.08 Å². The van der Waals surface area contributed by atoms with Crippen molar-refractivity contribution in [2.45, 2.75) is 25.0 Å². The largest absolute Gasteiger partial charge is 0.461 e. The molecule has 4 heteroatoms. The molecule has 108 valence electrons. The number of aliphatic hydroxyl groups excluding tert-OH is 2. The van der Waals surface area contributed by atoms with Crippen LogP contribution in [-0.2, 0) is 12.8 Å². The van der Waals surface area contributed by atoms with Crippen LogP contribution in [-0.4, -0.2) is 16.3 Å². The molecule has 1 aromatic carbocycles. The summed E-state index contributed by atoms with van der Waals surface area (Å²) in [6.07, 6.45) is 2.08. The maximum atomic E-state index is 12.1. The van der Waals surface area contributed by atoms with E-state index in [1.807, 2.05) is 30.3 Å². The Hall–Kier alpha value is -2.17. The fourth-order valence-electron chi connectivity index (χ4n) is 2.48. The Kier molecular flexibility index (Phi) is 3.73. The van der Waals surface area contributed by atoms with Gasteiger partial charge in [0.2, 0.25) is 0 Å². The van der Waals surface area contributed by atoms with E-state index < -0.39 is 12.2 Å². The number of aliphatic hydroxyl groups is 2. The standard InChI is InChI=1S/C17H16O4/c18-13-8-9-15-16(17(13)20)14(19)10-12(21-15)7-6-11-4-2-1-3-5-11/h1-5,8-10,13,17-18,20H,6-7H2. The van der Waals surface area contributed by atoms with Crippen LogP contribution in [0.2, 0.25) is 0 Å². The van der Waals surface area contributed by atoms with Crippen molar-refractivity contribution < 1.29 is 14.6 Å². The molecule has 2 unspecified atom stereocenters. The van der Waals surface area contributed by atoms with Crippen LogP contribution in [0.15, 0.2) is 51.7 Å². The molecule has 0 saturated heterocycles. The van der Waals surface area contributed by atoms with Crippen molar-refractivity contribution in [2.24, 2.45) is 0 Å². The lowest BCUT2D eigenvalue weighted by molar-refractivity contribution is 0.0442. The second-order valence-electron chi connectivity index (χ2n) is 5.14. The van der Waals surface area contributed by atoms with Gasteiger partial charge in [-0.3, -0.25) is 4.79 Å². The molecule has 2 aromatic rings. The summed E-state index contributed by atoms with van der Waals surface area (Å²) in [6.45, 7) is 0. The second-order valence-corrected chi connectivity index (χ2v) is 5.14. The number of aryl methyl sites for hydroxylation is 2. The SMILES string of the molecule is O=c1cc(CCc2ccccc2)oc2c1C(O)C(O)C=C2. The van der Waals surface area contributed by atoms with E-state index >= 15 is 0 Å². The van der Waals surface area contributed by atoms with E-state index in [0.717, 1.165) is 6.42 Å². The summed E-state index contributed by atoms with van der Waals surface area (Å²) in [7, 11) is 0. The molecule has 0 bridgehead atoms. The molecular weight excluding hydrogens is 268 g/mol. The minimum atomic E-state index is -1.22. The maximum Gasteiger partial charge on any atom is 0.191 e. The first kappa shape index (κ1) is 13.8. The van der Waals surface area contributed by atoms with Crippen LogP contribution in [0.4, 0.5) is 0 Å². The van der Waals surface area contributed by atoms with Gasteiger partial charge in [0.15, 0.2) is 5.43 Å². The third-order valence-corrected chi connectivity index (χ3v) is 3.63. The molecular formula is C17H16O4. The number of hydrogen-bond donors (Lipinski definition) is 2. The first-order valence-corrected chi connectivity index (χ1v) is 6.90. The molecule has 0 amide bonds. The summed E-state index contributed by atoms with van der Waals surface area (Å²) >= 11 is 0. The summed E-state index contributed by atoms with van der Waals surface area (Å²) in [5.41, 5.74) is 1.01. The fourth-order valence-corrected chi connectivity index (χ4v) is 2.48. The lowest BCUT2D eigenvalue weighted by Gasteiger charge is -2.20. The van der Waals surface area contributed by atoms with Crippen molar-refractivity contribution in [3.8, 4) is 0 Å².